The van der Waals surface area contributed by atoms with Crippen LogP contribution in [0, 0.1) is 5.92 Å². The monoisotopic (exact) mass is 300 g/mol. The van der Waals surface area contributed by atoms with Gasteiger partial charge in [-0.05, 0) is 34.0 Å². The van der Waals surface area contributed by atoms with Crippen LogP contribution in [-0.2, 0) is 0 Å². The molecular formula is C12H17BrN2O2. The molecule has 0 aliphatic rings. The van der Waals surface area contributed by atoms with Gasteiger partial charge in [0.2, 0.25) is 0 Å². The Morgan fingerprint density at radius 3 is 2.82 bits per heavy atom. The van der Waals surface area contributed by atoms with Crippen molar-refractivity contribution in [3.8, 4) is 0 Å². The summed E-state index contributed by atoms with van der Waals surface area (Å²) in [5.74, 6) is -0.0898. The summed E-state index contributed by atoms with van der Waals surface area (Å²) in [4.78, 5) is 15.7. The first kappa shape index (κ1) is 14.1. The zero-order chi connectivity index (χ0) is 12.8. The standard InChI is InChI=1S/C12H17BrN2O2/c1-3-8(2)11(16)7-15-12(17)10-5-4-9(13)6-14-10/h4-6,8,11,16H,3,7H2,1-2H3,(H,15,17). The maximum atomic E-state index is 11.7. The van der Waals surface area contributed by atoms with Crippen molar-refractivity contribution in [3.05, 3.63) is 28.5 Å². The summed E-state index contributed by atoms with van der Waals surface area (Å²) in [6.07, 6.45) is 1.94. The molecule has 1 heterocycles. The van der Waals surface area contributed by atoms with Crippen molar-refractivity contribution in [2.24, 2.45) is 5.92 Å². The highest BCUT2D eigenvalue weighted by Crippen LogP contribution is 2.08. The van der Waals surface area contributed by atoms with Crippen LogP contribution in [0.15, 0.2) is 22.8 Å². The number of nitrogens with one attached hydrogen (secondary N) is 1. The Hall–Kier alpha value is -0.940. The molecule has 1 amide bonds. The van der Waals surface area contributed by atoms with E-state index in [2.05, 4.69) is 26.2 Å². The Kier molecular flexibility index (Phi) is 5.58. The van der Waals surface area contributed by atoms with Gasteiger partial charge < -0.3 is 10.4 Å². The van der Waals surface area contributed by atoms with E-state index in [1.165, 1.54) is 0 Å². The van der Waals surface area contributed by atoms with E-state index < -0.39 is 6.10 Å². The molecule has 0 bridgehead atoms. The molecule has 0 aromatic carbocycles. The molecule has 0 aliphatic heterocycles. The molecule has 0 aliphatic carbocycles. The highest BCUT2D eigenvalue weighted by Gasteiger charge is 2.14. The normalized spacial score (nSPS) is 14.1. The lowest BCUT2D eigenvalue weighted by molar-refractivity contribution is 0.0846. The Bertz CT molecular complexity index is 367. The van der Waals surface area contributed by atoms with E-state index in [-0.39, 0.29) is 18.4 Å². The minimum atomic E-state index is -0.514. The molecule has 1 aromatic heterocycles. The number of amides is 1. The van der Waals surface area contributed by atoms with Gasteiger partial charge in [-0.25, -0.2) is 4.98 Å². The van der Waals surface area contributed by atoms with Gasteiger partial charge in [0.05, 0.1) is 6.10 Å². The molecule has 94 valence electrons. The van der Waals surface area contributed by atoms with Crippen molar-refractivity contribution in [3.63, 3.8) is 0 Å². The summed E-state index contributed by atoms with van der Waals surface area (Å²) >= 11 is 3.25. The van der Waals surface area contributed by atoms with Crippen molar-refractivity contribution < 1.29 is 9.90 Å². The molecule has 4 nitrogen and oxygen atoms in total. The lowest BCUT2D eigenvalue weighted by Crippen LogP contribution is -2.35. The first-order valence-electron chi connectivity index (χ1n) is 5.62. The maximum absolute atomic E-state index is 11.7. The number of hydrogen-bond donors (Lipinski definition) is 2. The third-order valence-corrected chi connectivity index (χ3v) is 3.20. The Labute approximate surface area is 110 Å². The molecule has 0 fully saturated rings. The van der Waals surface area contributed by atoms with Gasteiger partial charge >= 0.3 is 0 Å². The Morgan fingerprint density at radius 2 is 2.29 bits per heavy atom. The van der Waals surface area contributed by atoms with Crippen LogP contribution in [0.5, 0.6) is 0 Å². The van der Waals surface area contributed by atoms with Crippen LogP contribution in [-0.4, -0.2) is 28.6 Å². The summed E-state index contributed by atoms with van der Waals surface area (Å²) in [6, 6.07) is 3.39. The van der Waals surface area contributed by atoms with Gasteiger partial charge in [-0.3, -0.25) is 4.79 Å². The van der Waals surface area contributed by atoms with Gasteiger partial charge in [0.15, 0.2) is 0 Å². The van der Waals surface area contributed by atoms with Crippen LogP contribution >= 0.6 is 15.9 Å². The van der Waals surface area contributed by atoms with E-state index >= 15 is 0 Å². The molecule has 0 spiro atoms. The van der Waals surface area contributed by atoms with Crippen molar-refractivity contribution in [1.82, 2.24) is 10.3 Å². The molecule has 2 unspecified atom stereocenters. The van der Waals surface area contributed by atoms with E-state index in [0.717, 1.165) is 10.9 Å². The van der Waals surface area contributed by atoms with Gasteiger partial charge in [0.1, 0.15) is 5.69 Å². The topological polar surface area (TPSA) is 62.2 Å². The van der Waals surface area contributed by atoms with Crippen molar-refractivity contribution in [2.45, 2.75) is 26.4 Å². The highest BCUT2D eigenvalue weighted by atomic mass is 79.9. The number of aromatic nitrogens is 1. The average molecular weight is 301 g/mol. The van der Waals surface area contributed by atoms with Gasteiger partial charge in [0.25, 0.3) is 5.91 Å². The van der Waals surface area contributed by atoms with Crippen LogP contribution in [0.2, 0.25) is 0 Å². The van der Waals surface area contributed by atoms with Crippen molar-refractivity contribution in [2.75, 3.05) is 6.54 Å². The van der Waals surface area contributed by atoms with Crippen LogP contribution in [0.3, 0.4) is 0 Å². The fourth-order valence-corrected chi connectivity index (χ4v) is 1.51. The highest BCUT2D eigenvalue weighted by molar-refractivity contribution is 9.10. The van der Waals surface area contributed by atoms with Gasteiger partial charge in [-0.1, -0.05) is 20.3 Å². The molecule has 2 atom stereocenters. The lowest BCUT2D eigenvalue weighted by Gasteiger charge is -2.17. The number of halogens is 1. The number of rotatable bonds is 5. The fourth-order valence-electron chi connectivity index (χ4n) is 1.27. The predicted molar refractivity (Wildman–Crippen MR) is 69.7 cm³/mol. The third-order valence-electron chi connectivity index (χ3n) is 2.73. The van der Waals surface area contributed by atoms with Gasteiger partial charge in [-0.2, -0.15) is 0 Å². The SMILES string of the molecule is CCC(C)C(O)CNC(=O)c1ccc(Br)cn1. The first-order valence-corrected chi connectivity index (χ1v) is 6.41. The smallest absolute Gasteiger partial charge is 0.269 e. The molecule has 2 N–H and O–H groups in total. The van der Waals surface area contributed by atoms with E-state index in [1.54, 1.807) is 18.3 Å². The van der Waals surface area contributed by atoms with E-state index in [4.69, 9.17) is 0 Å². The number of nitrogens with zero attached hydrogens (tertiary/aromatic N) is 1. The second kappa shape index (κ2) is 6.71. The lowest BCUT2D eigenvalue weighted by atomic mass is 10.0. The summed E-state index contributed by atoms with van der Waals surface area (Å²) in [5.41, 5.74) is 0.351. The van der Waals surface area contributed by atoms with Crippen LogP contribution < -0.4 is 5.32 Å². The van der Waals surface area contributed by atoms with Crippen LogP contribution in [0.1, 0.15) is 30.8 Å². The third kappa shape index (κ3) is 4.44. The predicted octanol–water partition coefficient (Wildman–Crippen LogP) is 1.98. The molecular weight excluding hydrogens is 284 g/mol. The van der Waals surface area contributed by atoms with Gasteiger partial charge in [-0.15, -0.1) is 0 Å². The van der Waals surface area contributed by atoms with Crippen LogP contribution in [0.25, 0.3) is 0 Å². The van der Waals surface area contributed by atoms with E-state index in [0.29, 0.717) is 5.69 Å². The Balaban J connectivity index is 2.47. The molecule has 0 saturated heterocycles. The minimum Gasteiger partial charge on any atom is -0.391 e. The number of pyridine rings is 1. The van der Waals surface area contributed by atoms with Crippen molar-refractivity contribution in [1.29, 1.82) is 0 Å². The fraction of sp³-hybridized carbons (Fsp3) is 0.500. The van der Waals surface area contributed by atoms with Crippen molar-refractivity contribution >= 4 is 21.8 Å². The molecule has 0 saturated carbocycles. The zero-order valence-electron chi connectivity index (χ0n) is 9.98. The molecule has 1 rings (SSSR count). The number of carbonyl (C=O) groups is 1. The Morgan fingerprint density at radius 1 is 1.59 bits per heavy atom. The largest absolute Gasteiger partial charge is 0.391 e. The van der Waals surface area contributed by atoms with E-state index in [1.807, 2.05) is 13.8 Å². The maximum Gasteiger partial charge on any atom is 0.269 e. The van der Waals surface area contributed by atoms with Crippen LogP contribution in [0.4, 0.5) is 0 Å². The second-order valence-electron chi connectivity index (χ2n) is 4.02. The minimum absolute atomic E-state index is 0.174. The molecule has 17 heavy (non-hydrogen) atoms. The molecule has 0 radical (unpaired) electrons. The average Bonchev–Trinajstić information content (AvgIpc) is 2.35. The zero-order valence-corrected chi connectivity index (χ0v) is 11.6. The number of hydrogen-bond acceptors (Lipinski definition) is 3. The summed E-state index contributed by atoms with van der Waals surface area (Å²) in [5, 5.41) is 12.4. The number of aliphatic hydroxyl groups is 1. The summed E-state index contributed by atoms with van der Waals surface area (Å²) < 4.78 is 0.827. The van der Waals surface area contributed by atoms with Gasteiger partial charge in [0, 0.05) is 17.2 Å². The van der Waals surface area contributed by atoms with E-state index in [9.17, 15) is 9.90 Å². The second-order valence-corrected chi connectivity index (χ2v) is 4.94. The summed E-state index contributed by atoms with van der Waals surface area (Å²) in [7, 11) is 0. The summed E-state index contributed by atoms with van der Waals surface area (Å²) in [6.45, 7) is 4.21. The molecule has 1 aromatic rings. The number of aliphatic hydroxyl groups excluding tert-OH is 1. The quantitative estimate of drug-likeness (QED) is 0.874. The number of carbonyl (C=O) groups excluding carboxylic acids is 1. The molecule has 5 heteroatoms. The first-order chi connectivity index (χ1) is 8.04.